The van der Waals surface area contributed by atoms with E-state index < -0.39 is 0 Å². The molecule has 2 aliphatic carbocycles. The monoisotopic (exact) mass is 508 g/mol. The molecule has 3 nitrogen and oxygen atoms in total. The van der Waals surface area contributed by atoms with E-state index in [0.29, 0.717) is 18.1 Å². The number of allylic oxidation sites excluding steroid dienone is 2. The standard InChI is InChI=1S/C33H36N2O.C2H6.H2/c1-5-32(36)26-12-10-25(11-13-26)29-14-9-24(16-23(29)4)17-31-33-22(3)7-6-8-27(33)18-30(35-31)28-15-21(2)19-34-20-28;1-2;/h6,8-9,14-16,18-20,25-26H,3,5,7,10-13,17H2,1-2,4H3;1-2H3;1H. The predicted octanol–water partition coefficient (Wildman–Crippen LogP) is 9.31. The second kappa shape index (κ2) is 12.5. The van der Waals surface area contributed by atoms with Gasteiger partial charge in [-0.3, -0.25) is 14.8 Å². The molecule has 3 heteroatoms. The summed E-state index contributed by atoms with van der Waals surface area (Å²) in [5, 5.41) is 0. The van der Waals surface area contributed by atoms with E-state index in [4.69, 9.17) is 4.98 Å². The van der Waals surface area contributed by atoms with Gasteiger partial charge >= 0.3 is 0 Å². The Morgan fingerprint density at radius 2 is 1.82 bits per heavy atom. The molecule has 1 aromatic carbocycles. The highest BCUT2D eigenvalue weighted by molar-refractivity contribution is 5.82. The van der Waals surface area contributed by atoms with E-state index in [1.807, 2.05) is 33.2 Å². The fourth-order valence-electron chi connectivity index (χ4n) is 6.07. The van der Waals surface area contributed by atoms with Crippen molar-refractivity contribution in [3.05, 3.63) is 94.5 Å². The first-order valence-electron chi connectivity index (χ1n) is 14.4. The number of Topliss-reactive ketones (excluding diaryl/α,β-unsaturated/α-hetero) is 1. The predicted molar refractivity (Wildman–Crippen MR) is 162 cm³/mol. The molecule has 0 N–H and O–H groups in total. The Bertz CT molecular complexity index is 1350. The van der Waals surface area contributed by atoms with Crippen molar-refractivity contribution in [2.24, 2.45) is 5.92 Å². The lowest BCUT2D eigenvalue weighted by Crippen LogP contribution is -2.20. The maximum absolute atomic E-state index is 12.1. The Morgan fingerprint density at radius 3 is 2.50 bits per heavy atom. The van der Waals surface area contributed by atoms with Crippen LogP contribution < -0.4 is 0 Å². The lowest BCUT2D eigenvalue weighted by atomic mass is 9.75. The van der Waals surface area contributed by atoms with Crippen LogP contribution in [0.2, 0.25) is 0 Å². The number of aryl methyl sites for hydroxylation is 2. The van der Waals surface area contributed by atoms with E-state index in [-0.39, 0.29) is 7.34 Å². The Labute approximate surface area is 230 Å². The summed E-state index contributed by atoms with van der Waals surface area (Å²) in [7, 11) is 0. The van der Waals surface area contributed by atoms with E-state index in [1.54, 1.807) is 0 Å². The molecule has 5 rings (SSSR count). The summed E-state index contributed by atoms with van der Waals surface area (Å²) >= 11 is 0. The van der Waals surface area contributed by atoms with Crippen LogP contribution in [0.3, 0.4) is 0 Å². The Morgan fingerprint density at radius 1 is 1.05 bits per heavy atom. The fourth-order valence-corrected chi connectivity index (χ4v) is 6.07. The molecule has 0 bridgehead atoms. The Kier molecular flexibility index (Phi) is 9.09. The number of hydrogen-bond donors (Lipinski definition) is 0. The van der Waals surface area contributed by atoms with Crippen LogP contribution in [0, 0.1) is 19.8 Å². The Hall–Kier alpha value is -3.33. The molecule has 0 atom stereocenters. The van der Waals surface area contributed by atoms with Gasteiger partial charge in [0.2, 0.25) is 0 Å². The van der Waals surface area contributed by atoms with E-state index in [1.165, 1.54) is 27.8 Å². The summed E-state index contributed by atoms with van der Waals surface area (Å²) in [5.74, 6) is 1.28. The van der Waals surface area contributed by atoms with Gasteiger partial charge in [0.1, 0.15) is 5.78 Å². The van der Waals surface area contributed by atoms with Gasteiger partial charge in [-0.1, -0.05) is 57.7 Å². The summed E-state index contributed by atoms with van der Waals surface area (Å²) in [4.78, 5) is 21.7. The first-order chi connectivity index (χ1) is 18.4. The van der Waals surface area contributed by atoms with E-state index in [2.05, 4.69) is 67.9 Å². The molecular formula is C35H44N2O. The SMILES string of the molecule is C=C1CC=Cc2cc(-c3cncc(C)c3)nc(Cc3ccc(C4CCC(C(=O)CC)CC4)c(C)c3)c21.CC.[HH]. The number of nitrogens with zero attached hydrogens (tertiary/aromatic N) is 2. The molecule has 0 radical (unpaired) electrons. The molecule has 0 amide bonds. The lowest BCUT2D eigenvalue weighted by molar-refractivity contribution is -0.123. The van der Waals surface area contributed by atoms with Crippen molar-refractivity contribution in [2.45, 2.75) is 85.5 Å². The van der Waals surface area contributed by atoms with Gasteiger partial charge in [0, 0.05) is 43.7 Å². The minimum Gasteiger partial charge on any atom is -0.299 e. The molecule has 2 aromatic heterocycles. The van der Waals surface area contributed by atoms with Crippen molar-refractivity contribution >= 4 is 17.4 Å². The van der Waals surface area contributed by atoms with Gasteiger partial charge < -0.3 is 0 Å². The van der Waals surface area contributed by atoms with Gasteiger partial charge in [-0.25, -0.2) is 0 Å². The maximum atomic E-state index is 12.1. The number of pyridine rings is 2. The van der Waals surface area contributed by atoms with Crippen molar-refractivity contribution in [1.29, 1.82) is 0 Å². The molecular weight excluding hydrogens is 464 g/mol. The fraction of sp³-hybridized carbons (Fsp3) is 0.400. The third kappa shape index (κ3) is 6.04. The van der Waals surface area contributed by atoms with Crippen molar-refractivity contribution < 1.29 is 6.22 Å². The first-order valence-corrected chi connectivity index (χ1v) is 14.4. The first kappa shape index (κ1) is 27.7. The van der Waals surface area contributed by atoms with Crippen molar-refractivity contribution in [1.82, 2.24) is 9.97 Å². The molecule has 0 saturated heterocycles. The largest absolute Gasteiger partial charge is 0.299 e. The summed E-state index contributed by atoms with van der Waals surface area (Å²) in [5.41, 5.74) is 11.8. The zero-order chi connectivity index (χ0) is 27.2. The number of aromatic nitrogens is 2. The second-order valence-electron chi connectivity index (χ2n) is 10.6. The van der Waals surface area contributed by atoms with Crippen LogP contribution in [0.5, 0.6) is 0 Å². The maximum Gasteiger partial charge on any atom is 0.135 e. The number of carbonyl (C=O) groups is 1. The number of hydrogen-bond acceptors (Lipinski definition) is 3. The van der Waals surface area contributed by atoms with Crippen LogP contribution in [-0.4, -0.2) is 15.8 Å². The topological polar surface area (TPSA) is 42.9 Å². The number of benzene rings is 1. The molecule has 1 saturated carbocycles. The lowest BCUT2D eigenvalue weighted by Gasteiger charge is -2.29. The molecule has 2 heterocycles. The van der Waals surface area contributed by atoms with Crippen molar-refractivity contribution in [3.8, 4) is 11.3 Å². The number of carbonyl (C=O) groups excluding carboxylic acids is 1. The van der Waals surface area contributed by atoms with E-state index in [0.717, 1.165) is 66.6 Å². The van der Waals surface area contributed by atoms with E-state index >= 15 is 0 Å². The zero-order valence-corrected chi connectivity index (χ0v) is 23.8. The average Bonchev–Trinajstić information content (AvgIpc) is 2.94. The summed E-state index contributed by atoms with van der Waals surface area (Å²) < 4.78 is 0. The number of ketones is 1. The minimum absolute atomic E-state index is 0. The average molecular weight is 509 g/mol. The summed E-state index contributed by atoms with van der Waals surface area (Å²) in [6, 6.07) is 11.3. The van der Waals surface area contributed by atoms with Crippen LogP contribution in [0.1, 0.15) is 106 Å². The van der Waals surface area contributed by atoms with Crippen LogP contribution >= 0.6 is 0 Å². The molecule has 1 fully saturated rings. The van der Waals surface area contributed by atoms with Crippen molar-refractivity contribution in [3.63, 3.8) is 0 Å². The van der Waals surface area contributed by atoms with Gasteiger partial charge in [-0.15, -0.1) is 0 Å². The van der Waals surface area contributed by atoms with Crippen LogP contribution in [0.4, 0.5) is 0 Å². The van der Waals surface area contributed by atoms with Crippen LogP contribution in [0.15, 0.2) is 55.4 Å². The molecule has 2 aliphatic rings. The molecule has 0 unspecified atom stereocenters. The smallest absolute Gasteiger partial charge is 0.135 e. The number of rotatable bonds is 6. The third-order valence-electron chi connectivity index (χ3n) is 7.99. The highest BCUT2D eigenvalue weighted by Gasteiger charge is 2.27. The Balaban J connectivity index is 0.00000137. The molecule has 3 aromatic rings. The van der Waals surface area contributed by atoms with Crippen LogP contribution in [-0.2, 0) is 11.2 Å². The quantitative estimate of drug-likeness (QED) is 0.333. The minimum atomic E-state index is 0. The number of fused-ring (bicyclic) bond motifs is 1. The van der Waals surface area contributed by atoms with Crippen molar-refractivity contribution in [2.75, 3.05) is 0 Å². The summed E-state index contributed by atoms with van der Waals surface area (Å²) in [6.45, 7) is 14.7. The summed E-state index contributed by atoms with van der Waals surface area (Å²) in [6.07, 6.45) is 14.8. The normalized spacial score (nSPS) is 18.4. The molecule has 0 aliphatic heterocycles. The van der Waals surface area contributed by atoms with E-state index in [9.17, 15) is 4.79 Å². The third-order valence-corrected chi connectivity index (χ3v) is 7.99. The van der Waals surface area contributed by atoms with Gasteiger partial charge in [0.25, 0.3) is 0 Å². The molecule has 38 heavy (non-hydrogen) atoms. The molecule has 0 spiro atoms. The van der Waals surface area contributed by atoms with Gasteiger partial charge in [-0.05, 0) is 97.4 Å². The van der Waals surface area contributed by atoms with Gasteiger partial charge in [0.15, 0.2) is 0 Å². The van der Waals surface area contributed by atoms with Gasteiger partial charge in [-0.2, -0.15) is 0 Å². The zero-order valence-electron chi connectivity index (χ0n) is 23.8. The van der Waals surface area contributed by atoms with Crippen LogP contribution in [0.25, 0.3) is 22.9 Å². The highest BCUT2D eigenvalue weighted by atomic mass is 16.1. The highest BCUT2D eigenvalue weighted by Crippen LogP contribution is 2.39. The van der Waals surface area contributed by atoms with Gasteiger partial charge in [0.05, 0.1) is 11.4 Å². The molecule has 200 valence electrons. The second-order valence-corrected chi connectivity index (χ2v) is 10.6.